The highest BCUT2D eigenvalue weighted by Crippen LogP contribution is 2.22. The van der Waals surface area contributed by atoms with Crippen molar-refractivity contribution < 1.29 is 4.74 Å². The molecule has 0 saturated heterocycles. The van der Waals surface area contributed by atoms with Crippen molar-refractivity contribution in [2.24, 2.45) is 0 Å². The Morgan fingerprint density at radius 1 is 1.00 bits per heavy atom. The predicted octanol–water partition coefficient (Wildman–Crippen LogP) is 4.46. The zero-order valence-electron chi connectivity index (χ0n) is 13.4. The van der Waals surface area contributed by atoms with Crippen LogP contribution in [0, 0.1) is 6.92 Å². The van der Waals surface area contributed by atoms with Gasteiger partial charge in [-0.05, 0) is 39.3 Å². The first kappa shape index (κ1) is 15.6. The summed E-state index contributed by atoms with van der Waals surface area (Å²) in [5, 5.41) is 3.52. The van der Waals surface area contributed by atoms with Crippen molar-refractivity contribution in [3.63, 3.8) is 0 Å². The summed E-state index contributed by atoms with van der Waals surface area (Å²) < 4.78 is 6.00. The van der Waals surface area contributed by atoms with E-state index in [1.165, 1.54) is 16.7 Å². The van der Waals surface area contributed by atoms with E-state index in [-0.39, 0.29) is 5.54 Å². The van der Waals surface area contributed by atoms with Crippen molar-refractivity contribution in [3.05, 3.63) is 65.2 Å². The monoisotopic (exact) mass is 283 g/mol. The molecule has 0 amide bonds. The first-order valence-electron chi connectivity index (χ1n) is 7.45. The van der Waals surface area contributed by atoms with E-state index >= 15 is 0 Å². The standard InChI is InChI=1S/C19H25NO/c1-15-10-11-18(17(12-15)13-20-19(2,3)4)21-14-16-8-6-5-7-9-16/h5-12,20H,13-14H2,1-4H3. The van der Waals surface area contributed by atoms with Gasteiger partial charge >= 0.3 is 0 Å². The molecule has 0 saturated carbocycles. The van der Waals surface area contributed by atoms with Crippen molar-refractivity contribution >= 4 is 0 Å². The molecule has 21 heavy (non-hydrogen) atoms. The van der Waals surface area contributed by atoms with Gasteiger partial charge in [0.25, 0.3) is 0 Å². The second-order valence-corrected chi connectivity index (χ2v) is 6.49. The molecule has 0 aliphatic heterocycles. The zero-order chi connectivity index (χ0) is 15.3. The summed E-state index contributed by atoms with van der Waals surface area (Å²) in [5.74, 6) is 0.959. The minimum absolute atomic E-state index is 0.0977. The van der Waals surface area contributed by atoms with Gasteiger partial charge < -0.3 is 10.1 Å². The predicted molar refractivity (Wildman–Crippen MR) is 88.5 cm³/mol. The van der Waals surface area contributed by atoms with Crippen LogP contribution in [0.15, 0.2) is 48.5 Å². The molecule has 0 aromatic heterocycles. The van der Waals surface area contributed by atoms with Crippen LogP contribution in [-0.2, 0) is 13.2 Å². The minimum atomic E-state index is 0.0977. The number of nitrogens with one attached hydrogen (secondary N) is 1. The fraction of sp³-hybridized carbons (Fsp3) is 0.368. The van der Waals surface area contributed by atoms with Gasteiger partial charge in [0.2, 0.25) is 0 Å². The summed E-state index contributed by atoms with van der Waals surface area (Å²) in [4.78, 5) is 0. The maximum Gasteiger partial charge on any atom is 0.124 e. The van der Waals surface area contributed by atoms with Gasteiger partial charge in [0, 0.05) is 17.6 Å². The van der Waals surface area contributed by atoms with Gasteiger partial charge in [-0.1, -0.05) is 48.0 Å². The maximum absolute atomic E-state index is 6.00. The van der Waals surface area contributed by atoms with Crippen molar-refractivity contribution in [2.45, 2.75) is 46.4 Å². The third-order valence-corrected chi connectivity index (χ3v) is 3.26. The SMILES string of the molecule is Cc1ccc(OCc2ccccc2)c(CNC(C)(C)C)c1. The lowest BCUT2D eigenvalue weighted by Gasteiger charge is -2.22. The Morgan fingerprint density at radius 2 is 1.71 bits per heavy atom. The molecule has 2 aromatic rings. The average Bonchev–Trinajstić information content (AvgIpc) is 2.44. The smallest absolute Gasteiger partial charge is 0.124 e. The van der Waals surface area contributed by atoms with Gasteiger partial charge in [-0.2, -0.15) is 0 Å². The molecule has 0 fully saturated rings. The van der Waals surface area contributed by atoms with Crippen molar-refractivity contribution in [2.75, 3.05) is 0 Å². The third kappa shape index (κ3) is 5.24. The van der Waals surface area contributed by atoms with E-state index < -0.39 is 0 Å². The van der Waals surface area contributed by atoms with Crippen LogP contribution in [0.2, 0.25) is 0 Å². The lowest BCUT2D eigenvalue weighted by molar-refractivity contribution is 0.300. The lowest BCUT2D eigenvalue weighted by Crippen LogP contribution is -2.35. The number of hydrogen-bond donors (Lipinski definition) is 1. The Kier molecular flexibility index (Phi) is 5.03. The van der Waals surface area contributed by atoms with Crippen LogP contribution in [0.5, 0.6) is 5.75 Å². The fourth-order valence-corrected chi connectivity index (χ4v) is 2.08. The molecule has 0 radical (unpaired) electrons. The molecule has 2 nitrogen and oxygen atoms in total. The van der Waals surface area contributed by atoms with E-state index in [2.05, 4.69) is 63.3 Å². The topological polar surface area (TPSA) is 21.3 Å². The molecule has 0 atom stereocenters. The summed E-state index contributed by atoms with van der Waals surface area (Å²) in [7, 11) is 0. The Labute approximate surface area is 128 Å². The van der Waals surface area contributed by atoms with Crippen LogP contribution in [0.3, 0.4) is 0 Å². The van der Waals surface area contributed by atoms with Crippen molar-refractivity contribution in [1.29, 1.82) is 0 Å². The molecule has 0 unspecified atom stereocenters. The molecule has 2 heteroatoms. The molecular formula is C19H25NO. The normalized spacial score (nSPS) is 11.4. The van der Waals surface area contributed by atoms with Crippen LogP contribution in [0.4, 0.5) is 0 Å². The maximum atomic E-state index is 6.00. The quantitative estimate of drug-likeness (QED) is 0.874. The molecule has 1 N–H and O–H groups in total. The summed E-state index contributed by atoms with van der Waals surface area (Å²) in [6.07, 6.45) is 0. The van der Waals surface area contributed by atoms with Gasteiger partial charge in [-0.15, -0.1) is 0 Å². The minimum Gasteiger partial charge on any atom is -0.489 e. The zero-order valence-corrected chi connectivity index (χ0v) is 13.4. The van der Waals surface area contributed by atoms with E-state index in [0.717, 1.165) is 12.3 Å². The van der Waals surface area contributed by atoms with E-state index in [1.54, 1.807) is 0 Å². The second-order valence-electron chi connectivity index (χ2n) is 6.49. The van der Waals surface area contributed by atoms with Crippen LogP contribution < -0.4 is 10.1 Å². The number of hydrogen-bond acceptors (Lipinski definition) is 2. The Bertz CT molecular complexity index is 570. The summed E-state index contributed by atoms with van der Waals surface area (Å²) in [5.41, 5.74) is 3.75. The molecule has 0 spiro atoms. The van der Waals surface area contributed by atoms with Crippen molar-refractivity contribution in [1.82, 2.24) is 5.32 Å². The largest absolute Gasteiger partial charge is 0.489 e. The third-order valence-electron chi connectivity index (χ3n) is 3.26. The lowest BCUT2D eigenvalue weighted by atomic mass is 10.1. The van der Waals surface area contributed by atoms with Crippen molar-refractivity contribution in [3.8, 4) is 5.75 Å². The summed E-state index contributed by atoms with van der Waals surface area (Å²) in [6.45, 7) is 10.1. The van der Waals surface area contributed by atoms with Gasteiger partial charge in [0.15, 0.2) is 0 Å². The molecular weight excluding hydrogens is 258 g/mol. The first-order chi connectivity index (χ1) is 9.94. The highest BCUT2D eigenvalue weighted by molar-refractivity contribution is 5.37. The van der Waals surface area contributed by atoms with Crippen LogP contribution in [0.1, 0.15) is 37.5 Å². The van der Waals surface area contributed by atoms with Gasteiger partial charge in [0.05, 0.1) is 0 Å². The molecule has 0 heterocycles. The number of aryl methyl sites for hydroxylation is 1. The van der Waals surface area contributed by atoms with E-state index in [9.17, 15) is 0 Å². The van der Waals surface area contributed by atoms with Gasteiger partial charge in [-0.25, -0.2) is 0 Å². The Balaban J connectivity index is 2.07. The highest BCUT2D eigenvalue weighted by atomic mass is 16.5. The van der Waals surface area contributed by atoms with E-state index in [1.807, 2.05) is 18.2 Å². The molecule has 2 aromatic carbocycles. The second kappa shape index (κ2) is 6.77. The molecule has 2 rings (SSSR count). The summed E-state index contributed by atoms with van der Waals surface area (Å²) >= 11 is 0. The molecule has 0 aliphatic rings. The number of rotatable bonds is 5. The number of benzene rings is 2. The Morgan fingerprint density at radius 3 is 2.38 bits per heavy atom. The van der Waals surface area contributed by atoms with Crippen LogP contribution in [-0.4, -0.2) is 5.54 Å². The highest BCUT2D eigenvalue weighted by Gasteiger charge is 2.11. The first-order valence-corrected chi connectivity index (χ1v) is 7.45. The number of ether oxygens (including phenoxy) is 1. The van der Waals surface area contributed by atoms with E-state index in [4.69, 9.17) is 4.74 Å². The van der Waals surface area contributed by atoms with Gasteiger partial charge in [-0.3, -0.25) is 0 Å². The van der Waals surface area contributed by atoms with Gasteiger partial charge in [0.1, 0.15) is 12.4 Å². The van der Waals surface area contributed by atoms with E-state index in [0.29, 0.717) is 6.61 Å². The molecule has 0 bridgehead atoms. The Hall–Kier alpha value is -1.80. The van der Waals surface area contributed by atoms with Crippen LogP contribution >= 0.6 is 0 Å². The molecule has 0 aliphatic carbocycles. The summed E-state index contributed by atoms with van der Waals surface area (Å²) in [6, 6.07) is 16.6. The fourth-order valence-electron chi connectivity index (χ4n) is 2.08. The average molecular weight is 283 g/mol. The van der Waals surface area contributed by atoms with Crippen LogP contribution in [0.25, 0.3) is 0 Å². The molecule has 112 valence electrons.